The molecule has 1 aliphatic carbocycles. The Hall–Kier alpha value is -1.62. The summed E-state index contributed by atoms with van der Waals surface area (Å²) in [4.78, 5) is 7.86. The summed E-state index contributed by atoms with van der Waals surface area (Å²) in [5.41, 5.74) is 4.52. The minimum Gasteiger partial charge on any atom is -0.341 e. The van der Waals surface area contributed by atoms with Crippen LogP contribution in [0.4, 0.5) is 0 Å². The third-order valence-corrected chi connectivity index (χ3v) is 3.71. The molecule has 1 aliphatic rings. The van der Waals surface area contributed by atoms with Crippen LogP contribution in [-0.2, 0) is 13.1 Å². The minimum absolute atomic E-state index is 0.708. The number of aromatic nitrogens is 4. The van der Waals surface area contributed by atoms with Crippen LogP contribution in [0.2, 0.25) is 0 Å². The second kappa shape index (κ2) is 4.81. The van der Waals surface area contributed by atoms with Gasteiger partial charge in [-0.3, -0.25) is 4.68 Å². The number of aryl methyl sites for hydroxylation is 2. The number of nitrogens with zero attached hydrogens (tertiary/aromatic N) is 3. The van der Waals surface area contributed by atoms with Gasteiger partial charge in [-0.05, 0) is 33.6 Å². The van der Waals surface area contributed by atoms with Crippen LogP contribution in [0, 0.1) is 13.8 Å². The lowest BCUT2D eigenvalue weighted by atomic mass is 10.1. The first-order chi connectivity index (χ1) is 9.19. The largest absolute Gasteiger partial charge is 0.341 e. The van der Waals surface area contributed by atoms with Crippen molar-refractivity contribution in [1.29, 1.82) is 0 Å². The van der Waals surface area contributed by atoms with Crippen LogP contribution >= 0.6 is 0 Å². The summed E-state index contributed by atoms with van der Waals surface area (Å²) in [5.74, 6) is 1.00. The van der Waals surface area contributed by atoms with Crippen LogP contribution in [-0.4, -0.2) is 25.8 Å². The lowest BCUT2D eigenvalue weighted by Gasteiger charge is -2.01. The van der Waals surface area contributed by atoms with Gasteiger partial charge in [0.25, 0.3) is 0 Å². The van der Waals surface area contributed by atoms with Gasteiger partial charge in [-0.25, -0.2) is 4.98 Å². The van der Waals surface area contributed by atoms with Gasteiger partial charge in [0, 0.05) is 23.8 Å². The van der Waals surface area contributed by atoms with Crippen molar-refractivity contribution in [3.8, 4) is 11.3 Å². The van der Waals surface area contributed by atoms with Crippen molar-refractivity contribution in [3.63, 3.8) is 0 Å². The molecule has 1 fully saturated rings. The highest BCUT2D eigenvalue weighted by atomic mass is 15.3. The molecule has 1 saturated carbocycles. The van der Waals surface area contributed by atoms with Gasteiger partial charge >= 0.3 is 0 Å². The molecule has 3 rings (SSSR count). The molecule has 0 bridgehead atoms. The molecule has 0 unspecified atom stereocenters. The van der Waals surface area contributed by atoms with Gasteiger partial charge < -0.3 is 10.3 Å². The average molecular weight is 259 g/mol. The second-order valence-electron chi connectivity index (χ2n) is 5.26. The maximum absolute atomic E-state index is 4.55. The van der Waals surface area contributed by atoms with Gasteiger partial charge in [0.15, 0.2) is 0 Å². The highest BCUT2D eigenvalue weighted by Crippen LogP contribution is 2.25. The molecular weight excluding hydrogens is 238 g/mol. The monoisotopic (exact) mass is 259 g/mol. The molecule has 102 valence electrons. The number of imidazole rings is 1. The Morgan fingerprint density at radius 1 is 1.42 bits per heavy atom. The van der Waals surface area contributed by atoms with Crippen molar-refractivity contribution < 1.29 is 0 Å². The zero-order chi connectivity index (χ0) is 13.4. The van der Waals surface area contributed by atoms with Crippen LogP contribution in [0.1, 0.15) is 37.0 Å². The Kier molecular flexibility index (Phi) is 3.14. The summed E-state index contributed by atoms with van der Waals surface area (Å²) in [7, 11) is 0. The maximum Gasteiger partial charge on any atom is 0.120 e. The second-order valence-corrected chi connectivity index (χ2v) is 5.26. The number of aromatic amines is 1. The van der Waals surface area contributed by atoms with E-state index in [1.807, 2.05) is 10.9 Å². The third-order valence-electron chi connectivity index (χ3n) is 3.71. The van der Waals surface area contributed by atoms with Crippen molar-refractivity contribution in [2.75, 3.05) is 0 Å². The Labute approximate surface area is 113 Å². The van der Waals surface area contributed by atoms with Gasteiger partial charge in [0.05, 0.1) is 24.1 Å². The molecule has 19 heavy (non-hydrogen) atoms. The normalized spacial score (nSPS) is 15.1. The van der Waals surface area contributed by atoms with E-state index in [4.69, 9.17) is 0 Å². The van der Waals surface area contributed by atoms with E-state index in [0.29, 0.717) is 6.04 Å². The zero-order valence-corrected chi connectivity index (χ0v) is 11.8. The molecule has 2 aromatic rings. The summed E-state index contributed by atoms with van der Waals surface area (Å²) in [5, 5.41) is 8.02. The molecule has 0 atom stereocenters. The number of rotatable bonds is 5. The number of hydrogen-bond acceptors (Lipinski definition) is 3. The molecule has 2 N–H and O–H groups in total. The van der Waals surface area contributed by atoms with Crippen LogP contribution in [0.25, 0.3) is 11.3 Å². The molecule has 5 heteroatoms. The van der Waals surface area contributed by atoms with E-state index in [1.54, 1.807) is 0 Å². The van der Waals surface area contributed by atoms with Crippen molar-refractivity contribution in [2.45, 2.75) is 52.7 Å². The highest BCUT2D eigenvalue weighted by molar-refractivity contribution is 5.64. The third kappa shape index (κ3) is 2.42. The Balaban J connectivity index is 1.83. The fourth-order valence-corrected chi connectivity index (χ4v) is 2.50. The predicted octanol–water partition coefficient (Wildman–Crippen LogP) is 2.16. The van der Waals surface area contributed by atoms with Crippen molar-refractivity contribution in [3.05, 3.63) is 23.4 Å². The number of nitrogens with one attached hydrogen (secondary N) is 2. The van der Waals surface area contributed by atoms with Crippen LogP contribution < -0.4 is 5.32 Å². The molecule has 2 heterocycles. The number of hydrogen-bond donors (Lipinski definition) is 2. The van der Waals surface area contributed by atoms with Gasteiger partial charge in [0.1, 0.15) is 5.82 Å². The van der Waals surface area contributed by atoms with Crippen LogP contribution in [0.5, 0.6) is 0 Å². The van der Waals surface area contributed by atoms with Gasteiger partial charge in [0.2, 0.25) is 0 Å². The molecule has 0 saturated heterocycles. The Morgan fingerprint density at radius 3 is 2.84 bits per heavy atom. The van der Waals surface area contributed by atoms with E-state index in [-0.39, 0.29) is 0 Å². The van der Waals surface area contributed by atoms with E-state index < -0.39 is 0 Å². The average Bonchev–Trinajstić information content (AvgIpc) is 3.04. The summed E-state index contributed by atoms with van der Waals surface area (Å²) in [6, 6.07) is 0.708. The molecule has 0 amide bonds. The van der Waals surface area contributed by atoms with Crippen molar-refractivity contribution >= 4 is 0 Å². The molecule has 0 aliphatic heterocycles. The first-order valence-corrected chi connectivity index (χ1v) is 7.00. The minimum atomic E-state index is 0.708. The first-order valence-electron chi connectivity index (χ1n) is 7.00. The van der Waals surface area contributed by atoms with E-state index in [2.05, 4.69) is 41.2 Å². The van der Waals surface area contributed by atoms with E-state index in [1.165, 1.54) is 24.1 Å². The maximum atomic E-state index is 4.55. The fourth-order valence-electron chi connectivity index (χ4n) is 2.50. The van der Waals surface area contributed by atoms with Crippen molar-refractivity contribution in [1.82, 2.24) is 25.1 Å². The van der Waals surface area contributed by atoms with E-state index in [0.717, 1.165) is 30.3 Å². The Bertz CT molecular complexity index is 577. The fraction of sp³-hybridized carbons (Fsp3) is 0.571. The van der Waals surface area contributed by atoms with Crippen LogP contribution in [0.3, 0.4) is 0 Å². The molecule has 2 aromatic heterocycles. The topological polar surface area (TPSA) is 58.5 Å². The zero-order valence-electron chi connectivity index (χ0n) is 11.8. The lowest BCUT2D eigenvalue weighted by Crippen LogP contribution is -2.16. The summed E-state index contributed by atoms with van der Waals surface area (Å²) in [6.45, 7) is 8.00. The molecular formula is C14H21N5. The molecule has 0 spiro atoms. The van der Waals surface area contributed by atoms with Crippen LogP contribution in [0.15, 0.2) is 6.20 Å². The lowest BCUT2D eigenvalue weighted by molar-refractivity contribution is 0.634. The highest BCUT2D eigenvalue weighted by Gasteiger charge is 2.21. The van der Waals surface area contributed by atoms with E-state index in [9.17, 15) is 0 Å². The summed E-state index contributed by atoms with van der Waals surface area (Å²) < 4.78 is 2.04. The van der Waals surface area contributed by atoms with Gasteiger partial charge in [-0.1, -0.05) is 0 Å². The van der Waals surface area contributed by atoms with Gasteiger partial charge in [-0.2, -0.15) is 5.10 Å². The SMILES string of the molecule is CCn1nc(C)c(-c2cnc(CNC3CC3)[nH]2)c1C. The number of H-pyrrole nitrogens is 1. The summed E-state index contributed by atoms with van der Waals surface area (Å²) >= 11 is 0. The van der Waals surface area contributed by atoms with Crippen molar-refractivity contribution in [2.24, 2.45) is 0 Å². The first kappa shape index (κ1) is 12.4. The quantitative estimate of drug-likeness (QED) is 0.865. The predicted molar refractivity (Wildman–Crippen MR) is 74.8 cm³/mol. The van der Waals surface area contributed by atoms with Gasteiger partial charge in [-0.15, -0.1) is 0 Å². The smallest absolute Gasteiger partial charge is 0.120 e. The molecule has 5 nitrogen and oxygen atoms in total. The summed E-state index contributed by atoms with van der Waals surface area (Å²) in [6.07, 6.45) is 4.52. The van der Waals surface area contributed by atoms with E-state index >= 15 is 0 Å². The molecule has 0 aromatic carbocycles. The standard InChI is InChI=1S/C14H21N5/c1-4-19-10(3)14(9(2)18-19)12-7-16-13(17-12)8-15-11-5-6-11/h7,11,15H,4-6,8H2,1-3H3,(H,16,17). The molecule has 0 radical (unpaired) electrons. The Morgan fingerprint density at radius 2 is 2.21 bits per heavy atom.